The summed E-state index contributed by atoms with van der Waals surface area (Å²) in [5.41, 5.74) is 9.21. The van der Waals surface area contributed by atoms with Gasteiger partial charge in [-0.1, -0.05) is 18.2 Å². The maximum Gasteiger partial charge on any atom is 0.270 e. The lowest BCUT2D eigenvalue weighted by atomic mass is 9.84. The summed E-state index contributed by atoms with van der Waals surface area (Å²) in [6, 6.07) is 17.2. The molecule has 5 aromatic rings. The van der Waals surface area contributed by atoms with Crippen LogP contribution in [0.2, 0.25) is 0 Å². The molecule has 1 atom stereocenters. The average Bonchev–Trinajstić information content (AvgIpc) is 3.50. The third-order valence-corrected chi connectivity index (χ3v) is 5.86. The summed E-state index contributed by atoms with van der Waals surface area (Å²) < 4.78 is 8.15. The molecule has 0 aliphatic carbocycles. The van der Waals surface area contributed by atoms with Gasteiger partial charge in [0.2, 0.25) is 0 Å². The molecule has 166 valence electrons. The molecule has 0 spiro atoms. The van der Waals surface area contributed by atoms with E-state index < -0.39 is 10.5 Å². The second-order valence-corrected chi connectivity index (χ2v) is 7.91. The lowest BCUT2D eigenvalue weighted by molar-refractivity contribution is -0.384. The fraction of sp³-hybridized carbons (Fsp3) is 0.0800. The van der Waals surface area contributed by atoms with Crippen LogP contribution in [0.4, 0.5) is 5.69 Å². The van der Waals surface area contributed by atoms with Gasteiger partial charge in [0.25, 0.3) is 5.69 Å². The van der Waals surface area contributed by atoms with E-state index in [-0.39, 0.29) is 5.69 Å². The quantitative estimate of drug-likeness (QED) is 0.312. The number of imidazole rings is 1. The van der Waals surface area contributed by atoms with E-state index in [1.54, 1.807) is 65.9 Å². The third-order valence-electron chi connectivity index (χ3n) is 5.86. The van der Waals surface area contributed by atoms with E-state index in [1.807, 2.05) is 13.1 Å². The molecule has 1 unspecified atom stereocenters. The van der Waals surface area contributed by atoms with Crippen LogP contribution >= 0.6 is 0 Å². The Hall–Kier alpha value is -4.81. The van der Waals surface area contributed by atoms with Crippen LogP contribution in [0, 0.1) is 21.4 Å². The fourth-order valence-corrected chi connectivity index (χ4v) is 4.13. The van der Waals surface area contributed by atoms with Crippen molar-refractivity contribution < 1.29 is 9.34 Å². The van der Waals surface area contributed by atoms with Gasteiger partial charge < -0.3 is 14.7 Å². The Morgan fingerprint density at radius 1 is 1.15 bits per heavy atom. The molecule has 2 aromatic carbocycles. The molecule has 5 rings (SSSR count). The Morgan fingerprint density at radius 3 is 2.56 bits per heavy atom. The van der Waals surface area contributed by atoms with Crippen LogP contribution in [0.25, 0.3) is 22.1 Å². The number of aromatic nitrogens is 3. The fourth-order valence-electron chi connectivity index (χ4n) is 4.13. The Morgan fingerprint density at radius 2 is 1.94 bits per heavy atom. The SMILES string of the molecule is Cn1cncc1C(N)(c1ccc(C#N)cc1)c1cc2cc([N+](=O)[O-])cc(-c3cccnc3)c2o1. The standard InChI is InChI=1S/C25H18N6O3/c1-30-15-29-14-22(30)25(27,19-6-4-16(12-26)5-7-19)23-10-18-9-20(31(32)33)11-21(24(18)34-23)17-3-2-8-28-13-17/h2-11,13-15H,27H2,1H3. The van der Waals surface area contributed by atoms with E-state index >= 15 is 0 Å². The zero-order valence-corrected chi connectivity index (χ0v) is 18.0. The molecule has 34 heavy (non-hydrogen) atoms. The number of nitriles is 1. The molecular formula is C25H18N6O3. The van der Waals surface area contributed by atoms with E-state index in [4.69, 9.17) is 10.2 Å². The molecular weight excluding hydrogens is 432 g/mol. The minimum atomic E-state index is -1.28. The van der Waals surface area contributed by atoms with Gasteiger partial charge in [-0.2, -0.15) is 5.26 Å². The normalized spacial score (nSPS) is 12.9. The van der Waals surface area contributed by atoms with Gasteiger partial charge in [0.05, 0.1) is 34.8 Å². The molecule has 2 N–H and O–H groups in total. The van der Waals surface area contributed by atoms with Crippen LogP contribution in [-0.4, -0.2) is 19.5 Å². The van der Waals surface area contributed by atoms with Gasteiger partial charge in [0, 0.05) is 48.1 Å². The van der Waals surface area contributed by atoms with Crippen molar-refractivity contribution in [3.8, 4) is 17.2 Å². The van der Waals surface area contributed by atoms with E-state index in [0.717, 1.165) is 0 Å². The lowest BCUT2D eigenvalue weighted by Gasteiger charge is -2.28. The number of non-ortho nitro benzene ring substituents is 1. The Bertz CT molecular complexity index is 1560. The predicted molar refractivity (Wildman–Crippen MR) is 125 cm³/mol. The summed E-state index contributed by atoms with van der Waals surface area (Å²) >= 11 is 0. The highest BCUT2D eigenvalue weighted by atomic mass is 16.6. The van der Waals surface area contributed by atoms with Crippen LogP contribution in [0.1, 0.15) is 22.6 Å². The second kappa shape index (κ2) is 7.95. The Balaban J connectivity index is 1.80. The van der Waals surface area contributed by atoms with Crippen molar-refractivity contribution in [1.82, 2.24) is 14.5 Å². The number of rotatable bonds is 5. The molecule has 0 radical (unpaired) electrons. The van der Waals surface area contributed by atoms with Crippen LogP contribution < -0.4 is 5.73 Å². The van der Waals surface area contributed by atoms with Crippen LogP contribution in [-0.2, 0) is 12.6 Å². The molecule has 9 nitrogen and oxygen atoms in total. The first kappa shape index (κ1) is 21.1. The average molecular weight is 450 g/mol. The first-order valence-electron chi connectivity index (χ1n) is 10.3. The van der Waals surface area contributed by atoms with Crippen molar-refractivity contribution >= 4 is 16.7 Å². The summed E-state index contributed by atoms with van der Waals surface area (Å²) in [5.74, 6) is 0.376. The van der Waals surface area contributed by atoms with Crippen molar-refractivity contribution in [2.24, 2.45) is 12.8 Å². The maximum atomic E-state index is 11.6. The highest BCUT2D eigenvalue weighted by Gasteiger charge is 2.38. The van der Waals surface area contributed by atoms with Gasteiger partial charge >= 0.3 is 0 Å². The lowest BCUT2D eigenvalue weighted by Crippen LogP contribution is -2.40. The molecule has 3 aromatic heterocycles. The molecule has 0 aliphatic heterocycles. The van der Waals surface area contributed by atoms with Crippen LogP contribution in [0.5, 0.6) is 0 Å². The van der Waals surface area contributed by atoms with Crippen molar-refractivity contribution in [3.05, 3.63) is 112 Å². The van der Waals surface area contributed by atoms with Gasteiger partial charge in [0.15, 0.2) is 0 Å². The van der Waals surface area contributed by atoms with Crippen LogP contribution in [0.15, 0.2) is 83.9 Å². The van der Waals surface area contributed by atoms with Gasteiger partial charge in [0.1, 0.15) is 16.9 Å². The number of hydrogen-bond acceptors (Lipinski definition) is 7. The van der Waals surface area contributed by atoms with Gasteiger partial charge in [-0.15, -0.1) is 0 Å². The van der Waals surface area contributed by atoms with Crippen molar-refractivity contribution in [2.75, 3.05) is 0 Å². The van der Waals surface area contributed by atoms with Gasteiger partial charge in [-0.05, 0) is 29.8 Å². The zero-order chi connectivity index (χ0) is 23.9. The third kappa shape index (κ3) is 3.30. The summed E-state index contributed by atoms with van der Waals surface area (Å²) in [5, 5.41) is 21.4. The molecule has 0 saturated heterocycles. The topological polar surface area (TPSA) is 137 Å². The minimum absolute atomic E-state index is 0.0692. The highest BCUT2D eigenvalue weighted by Crippen LogP contribution is 2.41. The van der Waals surface area contributed by atoms with Gasteiger partial charge in [-0.3, -0.25) is 15.1 Å². The molecule has 3 heterocycles. The van der Waals surface area contributed by atoms with Gasteiger partial charge in [-0.25, -0.2) is 4.98 Å². The number of benzene rings is 2. The zero-order valence-electron chi connectivity index (χ0n) is 18.0. The number of hydrogen-bond donors (Lipinski definition) is 1. The summed E-state index contributed by atoms with van der Waals surface area (Å²) in [6.45, 7) is 0. The minimum Gasteiger partial charge on any atom is -0.458 e. The number of nitrogens with two attached hydrogens (primary N) is 1. The van der Waals surface area contributed by atoms with E-state index in [2.05, 4.69) is 16.0 Å². The monoisotopic (exact) mass is 450 g/mol. The number of nitro benzene ring substituents is 1. The second-order valence-electron chi connectivity index (χ2n) is 7.91. The molecule has 0 bridgehead atoms. The first-order chi connectivity index (χ1) is 16.4. The van der Waals surface area contributed by atoms with Crippen molar-refractivity contribution in [3.63, 3.8) is 0 Å². The predicted octanol–water partition coefficient (Wildman–Crippen LogP) is 4.26. The molecule has 0 fully saturated rings. The summed E-state index contributed by atoms with van der Waals surface area (Å²) in [4.78, 5) is 19.6. The van der Waals surface area contributed by atoms with Crippen LogP contribution in [0.3, 0.4) is 0 Å². The number of pyridine rings is 1. The molecule has 0 aliphatic rings. The van der Waals surface area contributed by atoms with Crippen molar-refractivity contribution in [2.45, 2.75) is 5.54 Å². The van der Waals surface area contributed by atoms with E-state index in [9.17, 15) is 15.4 Å². The largest absolute Gasteiger partial charge is 0.458 e. The number of fused-ring (bicyclic) bond motifs is 1. The summed E-state index contributed by atoms with van der Waals surface area (Å²) in [7, 11) is 1.82. The number of nitro groups is 1. The van der Waals surface area contributed by atoms with Crippen molar-refractivity contribution in [1.29, 1.82) is 5.26 Å². The Labute approximate surface area is 193 Å². The number of aryl methyl sites for hydroxylation is 1. The highest BCUT2D eigenvalue weighted by molar-refractivity contribution is 5.95. The first-order valence-corrected chi connectivity index (χ1v) is 10.3. The number of nitrogens with zero attached hydrogens (tertiary/aromatic N) is 5. The maximum absolute atomic E-state index is 11.6. The van der Waals surface area contributed by atoms with E-state index in [0.29, 0.717) is 44.7 Å². The number of furan rings is 1. The molecule has 0 amide bonds. The summed E-state index contributed by atoms with van der Waals surface area (Å²) in [6.07, 6.45) is 6.53. The molecule has 0 saturated carbocycles. The smallest absolute Gasteiger partial charge is 0.270 e. The molecule has 9 heteroatoms. The van der Waals surface area contributed by atoms with E-state index in [1.165, 1.54) is 12.1 Å². The Kier molecular flexibility index (Phi) is 4.93.